The number of aromatic amines is 1. The molecule has 182 valence electrons. The zero-order valence-corrected chi connectivity index (χ0v) is 20.7. The van der Waals surface area contributed by atoms with Gasteiger partial charge in [0.1, 0.15) is 11.1 Å². The minimum atomic E-state index is -0.447. The monoisotopic (exact) mass is 491 g/mol. The lowest BCUT2D eigenvalue weighted by atomic mass is 9.88. The van der Waals surface area contributed by atoms with Crippen LogP contribution in [0.2, 0.25) is 0 Å². The minimum Gasteiger partial charge on any atom is -0.449 e. The molecular formula is C26H29N5O3S. The van der Waals surface area contributed by atoms with Gasteiger partial charge in [-0.05, 0) is 61.9 Å². The molecule has 0 radical (unpaired) electrons. The Bertz CT molecular complexity index is 1200. The van der Waals surface area contributed by atoms with Crippen molar-refractivity contribution < 1.29 is 14.3 Å². The van der Waals surface area contributed by atoms with Gasteiger partial charge in [0.15, 0.2) is 0 Å². The summed E-state index contributed by atoms with van der Waals surface area (Å²) in [5.74, 6) is 0.0154. The summed E-state index contributed by atoms with van der Waals surface area (Å²) in [5.41, 5.74) is 3.34. The van der Waals surface area contributed by atoms with Crippen LogP contribution < -0.4 is 10.6 Å². The third kappa shape index (κ3) is 6.08. The molecule has 3 N–H and O–H groups in total. The summed E-state index contributed by atoms with van der Waals surface area (Å²) >= 11 is 1.45. The molecule has 0 saturated carbocycles. The van der Waals surface area contributed by atoms with Crippen molar-refractivity contribution in [2.45, 2.75) is 51.5 Å². The smallest absolute Gasteiger partial charge is 0.407 e. The minimum absolute atomic E-state index is 0.0243. The normalized spacial score (nSPS) is 16.4. The van der Waals surface area contributed by atoms with Crippen molar-refractivity contribution >= 4 is 28.3 Å². The van der Waals surface area contributed by atoms with Crippen molar-refractivity contribution in [1.82, 2.24) is 15.3 Å². The van der Waals surface area contributed by atoms with Gasteiger partial charge in [0.05, 0.1) is 18.2 Å². The van der Waals surface area contributed by atoms with Crippen molar-refractivity contribution in [3.63, 3.8) is 0 Å². The molecule has 0 fully saturated rings. The van der Waals surface area contributed by atoms with E-state index in [0.29, 0.717) is 23.6 Å². The summed E-state index contributed by atoms with van der Waals surface area (Å²) in [6.45, 7) is 4.17. The molecule has 0 bridgehead atoms. The maximum atomic E-state index is 12.7. The van der Waals surface area contributed by atoms with Crippen molar-refractivity contribution in [3.05, 3.63) is 70.1 Å². The van der Waals surface area contributed by atoms with Crippen LogP contribution >= 0.6 is 11.3 Å². The molecule has 4 rings (SSSR count). The van der Waals surface area contributed by atoms with Gasteiger partial charge in [0.25, 0.3) is 0 Å². The van der Waals surface area contributed by atoms with Gasteiger partial charge < -0.3 is 20.4 Å². The average molecular weight is 492 g/mol. The first-order chi connectivity index (χ1) is 16.9. The molecule has 2 amide bonds. The molecule has 3 atom stereocenters. The van der Waals surface area contributed by atoms with Crippen molar-refractivity contribution in [3.8, 4) is 6.07 Å². The number of anilines is 1. The van der Waals surface area contributed by atoms with Gasteiger partial charge in [-0.3, -0.25) is 9.78 Å². The van der Waals surface area contributed by atoms with Gasteiger partial charge in [0.2, 0.25) is 5.91 Å². The van der Waals surface area contributed by atoms with E-state index in [1.54, 1.807) is 6.20 Å². The number of alkyl carbamates (subject to hydrolysis) is 1. The molecule has 1 aliphatic rings. The van der Waals surface area contributed by atoms with E-state index >= 15 is 0 Å². The number of nitriles is 1. The number of H-pyrrole nitrogens is 1. The number of hydrogen-bond acceptors (Lipinski definition) is 6. The van der Waals surface area contributed by atoms with Crippen molar-refractivity contribution in [2.24, 2.45) is 5.92 Å². The summed E-state index contributed by atoms with van der Waals surface area (Å²) in [6, 6.07) is 11.6. The van der Waals surface area contributed by atoms with Crippen LogP contribution in [0.25, 0.3) is 0 Å². The van der Waals surface area contributed by atoms with E-state index in [9.17, 15) is 14.9 Å². The third-order valence-electron chi connectivity index (χ3n) is 6.29. The summed E-state index contributed by atoms with van der Waals surface area (Å²) in [5, 5.41) is 16.1. The topological polar surface area (TPSA) is 120 Å². The zero-order valence-electron chi connectivity index (χ0n) is 19.8. The van der Waals surface area contributed by atoms with E-state index in [2.05, 4.69) is 26.7 Å². The fourth-order valence-corrected chi connectivity index (χ4v) is 5.66. The largest absolute Gasteiger partial charge is 0.449 e. The molecule has 1 aliphatic carbocycles. The van der Waals surface area contributed by atoms with E-state index in [0.717, 1.165) is 34.7 Å². The van der Waals surface area contributed by atoms with Gasteiger partial charge in [-0.25, -0.2) is 4.79 Å². The molecular weight excluding hydrogens is 462 g/mol. The Morgan fingerprint density at radius 1 is 1.31 bits per heavy atom. The molecule has 0 aromatic carbocycles. The maximum absolute atomic E-state index is 12.7. The number of amides is 2. The van der Waals surface area contributed by atoms with Crippen molar-refractivity contribution in [2.75, 3.05) is 11.9 Å². The van der Waals surface area contributed by atoms with Gasteiger partial charge in [-0.1, -0.05) is 13.0 Å². The number of rotatable bonds is 8. The first-order valence-corrected chi connectivity index (χ1v) is 12.6. The lowest BCUT2D eigenvalue weighted by Gasteiger charge is -2.22. The van der Waals surface area contributed by atoms with Gasteiger partial charge >= 0.3 is 6.09 Å². The standard InChI is InChI=1S/C26H29N5O3S/c1-16(21-6-3-4-10-28-21)12-24(32)31-25-20(14-27)19-9-8-18(13-23(19)35-25)15-34-26(33)30-17(2)22-7-5-11-29-22/h3-7,10-11,16-18,29H,8-9,12-13,15H2,1-2H3,(H,30,33)(H,31,32). The van der Waals surface area contributed by atoms with Crippen LogP contribution in [-0.2, 0) is 22.4 Å². The number of fused-ring (bicyclic) bond motifs is 1. The average Bonchev–Trinajstić information content (AvgIpc) is 3.51. The lowest BCUT2D eigenvalue weighted by Crippen LogP contribution is -2.30. The quantitative estimate of drug-likeness (QED) is 0.406. The van der Waals surface area contributed by atoms with E-state index in [1.165, 1.54) is 11.3 Å². The maximum Gasteiger partial charge on any atom is 0.407 e. The first-order valence-electron chi connectivity index (χ1n) is 11.8. The Kier molecular flexibility index (Phi) is 7.83. The SMILES string of the molecule is CC(CC(=O)Nc1sc2c(c1C#N)CCC(COC(=O)NC(C)c1ccc[nH]1)C2)c1ccccn1. The Balaban J connectivity index is 1.32. The molecule has 35 heavy (non-hydrogen) atoms. The summed E-state index contributed by atoms with van der Waals surface area (Å²) in [7, 11) is 0. The van der Waals surface area contributed by atoms with Gasteiger partial charge in [-0.2, -0.15) is 5.26 Å². The molecule has 8 nitrogen and oxygen atoms in total. The number of aromatic nitrogens is 2. The van der Waals surface area contributed by atoms with E-state index < -0.39 is 6.09 Å². The molecule has 0 aliphatic heterocycles. The molecule has 3 aromatic rings. The van der Waals surface area contributed by atoms with Crippen LogP contribution in [0.1, 0.15) is 66.0 Å². The summed E-state index contributed by atoms with van der Waals surface area (Å²) in [6.07, 6.45) is 5.64. The van der Waals surface area contributed by atoms with E-state index in [-0.39, 0.29) is 30.2 Å². The van der Waals surface area contributed by atoms with Crippen LogP contribution in [0, 0.1) is 17.2 Å². The Labute approximate surface area is 208 Å². The Morgan fingerprint density at radius 2 is 2.17 bits per heavy atom. The fourth-order valence-electron chi connectivity index (χ4n) is 4.33. The molecule has 0 spiro atoms. The molecule has 3 heterocycles. The number of ether oxygens (including phenoxy) is 1. The van der Waals surface area contributed by atoms with E-state index in [4.69, 9.17) is 4.74 Å². The molecule has 3 unspecified atom stereocenters. The summed E-state index contributed by atoms with van der Waals surface area (Å²) in [4.78, 5) is 33.4. The summed E-state index contributed by atoms with van der Waals surface area (Å²) < 4.78 is 5.48. The fraction of sp³-hybridized carbons (Fsp3) is 0.385. The number of carbonyl (C=O) groups excluding carboxylic acids is 2. The Morgan fingerprint density at radius 3 is 2.89 bits per heavy atom. The second kappa shape index (κ2) is 11.2. The molecule has 0 saturated heterocycles. The number of nitrogens with zero attached hydrogens (tertiary/aromatic N) is 2. The van der Waals surface area contributed by atoms with Gasteiger partial charge in [-0.15, -0.1) is 11.3 Å². The van der Waals surface area contributed by atoms with Crippen molar-refractivity contribution in [1.29, 1.82) is 5.26 Å². The predicted octanol–water partition coefficient (Wildman–Crippen LogP) is 5.07. The number of hydrogen-bond donors (Lipinski definition) is 3. The zero-order chi connectivity index (χ0) is 24.8. The van der Waals surface area contributed by atoms with Crippen LogP contribution in [0.4, 0.5) is 9.80 Å². The number of nitrogens with one attached hydrogen (secondary N) is 3. The van der Waals surface area contributed by atoms with Gasteiger partial charge in [0, 0.05) is 41.0 Å². The second-order valence-corrected chi connectivity index (χ2v) is 10.0. The highest BCUT2D eigenvalue weighted by Gasteiger charge is 2.28. The highest BCUT2D eigenvalue weighted by Crippen LogP contribution is 2.39. The number of thiophene rings is 1. The van der Waals surface area contributed by atoms with Crippen LogP contribution in [-0.4, -0.2) is 28.6 Å². The number of pyridine rings is 1. The lowest BCUT2D eigenvalue weighted by molar-refractivity contribution is -0.116. The third-order valence-corrected chi connectivity index (χ3v) is 7.46. The van der Waals surface area contributed by atoms with Crippen LogP contribution in [0.5, 0.6) is 0 Å². The number of carbonyl (C=O) groups is 2. The first kappa shape index (κ1) is 24.5. The predicted molar refractivity (Wildman–Crippen MR) is 134 cm³/mol. The highest BCUT2D eigenvalue weighted by atomic mass is 32.1. The Hall–Kier alpha value is -3.64. The van der Waals surface area contributed by atoms with Crippen LogP contribution in [0.15, 0.2) is 42.7 Å². The van der Waals surface area contributed by atoms with Crippen LogP contribution in [0.3, 0.4) is 0 Å². The highest BCUT2D eigenvalue weighted by molar-refractivity contribution is 7.16. The molecule has 3 aromatic heterocycles. The second-order valence-electron chi connectivity index (χ2n) is 8.93. The molecule has 9 heteroatoms. The van der Waals surface area contributed by atoms with E-state index in [1.807, 2.05) is 50.4 Å².